The molecule has 7 nitrogen and oxygen atoms in total. The van der Waals surface area contributed by atoms with Gasteiger partial charge in [0.15, 0.2) is 5.82 Å². The van der Waals surface area contributed by atoms with Gasteiger partial charge in [-0.25, -0.2) is 4.98 Å². The molecular formula is C24H26N6O. The molecule has 1 aliphatic rings. The van der Waals surface area contributed by atoms with Crippen LogP contribution in [0.3, 0.4) is 0 Å². The number of nitrogens with one attached hydrogen (secondary N) is 1. The maximum absolute atomic E-state index is 6.08. The average Bonchev–Trinajstić information content (AvgIpc) is 3.11. The maximum Gasteiger partial charge on any atom is 0.153 e. The number of rotatable bonds is 5. The highest BCUT2D eigenvalue weighted by Crippen LogP contribution is 2.25. The van der Waals surface area contributed by atoms with Crippen molar-refractivity contribution in [3.63, 3.8) is 0 Å². The molecule has 3 aromatic heterocycles. The molecule has 7 heteroatoms. The summed E-state index contributed by atoms with van der Waals surface area (Å²) in [7, 11) is 1.93. The first kappa shape index (κ1) is 19.7. The van der Waals surface area contributed by atoms with Gasteiger partial charge < -0.3 is 10.1 Å². The molecule has 0 spiro atoms. The van der Waals surface area contributed by atoms with Crippen LogP contribution in [0.2, 0.25) is 0 Å². The largest absolute Gasteiger partial charge is 0.369 e. The van der Waals surface area contributed by atoms with Crippen LogP contribution in [-0.4, -0.2) is 44.3 Å². The number of para-hydroxylation sites is 1. The van der Waals surface area contributed by atoms with Crippen molar-refractivity contribution in [2.24, 2.45) is 7.05 Å². The van der Waals surface area contributed by atoms with E-state index < -0.39 is 0 Å². The van der Waals surface area contributed by atoms with Gasteiger partial charge in [0.05, 0.1) is 17.8 Å². The molecule has 5 rings (SSSR count). The number of hydrogen-bond donors (Lipinski definition) is 1. The van der Waals surface area contributed by atoms with Crippen LogP contribution in [0.15, 0.2) is 60.8 Å². The van der Waals surface area contributed by atoms with Crippen LogP contribution < -0.4 is 5.32 Å². The Kier molecular flexibility index (Phi) is 5.36. The fourth-order valence-corrected chi connectivity index (χ4v) is 4.01. The monoisotopic (exact) mass is 414 g/mol. The summed E-state index contributed by atoms with van der Waals surface area (Å²) >= 11 is 0. The van der Waals surface area contributed by atoms with Gasteiger partial charge in [-0.05, 0) is 36.8 Å². The Morgan fingerprint density at radius 2 is 2.00 bits per heavy atom. The molecule has 1 atom stereocenters. The number of ether oxygens (including phenoxy) is 1. The fourth-order valence-electron chi connectivity index (χ4n) is 4.01. The van der Waals surface area contributed by atoms with Gasteiger partial charge in [0.2, 0.25) is 0 Å². The SMILES string of the molecule is Cc1cc(Nc2cccc([C@@H]3CN(Cc4ccnc5ccccc45)CCO3)n2)nn1C. The normalized spacial score (nSPS) is 17.2. The molecule has 1 fully saturated rings. The van der Waals surface area contributed by atoms with Crippen molar-refractivity contribution in [2.45, 2.75) is 19.6 Å². The number of anilines is 2. The van der Waals surface area contributed by atoms with Crippen molar-refractivity contribution in [1.82, 2.24) is 24.6 Å². The predicted octanol–water partition coefficient (Wildman–Crippen LogP) is 3.99. The van der Waals surface area contributed by atoms with E-state index in [4.69, 9.17) is 9.72 Å². The Morgan fingerprint density at radius 3 is 2.87 bits per heavy atom. The van der Waals surface area contributed by atoms with E-state index in [0.717, 1.165) is 48.2 Å². The summed E-state index contributed by atoms with van der Waals surface area (Å²) in [5, 5.41) is 8.96. The molecular weight excluding hydrogens is 388 g/mol. The second kappa shape index (κ2) is 8.45. The smallest absolute Gasteiger partial charge is 0.153 e. The Balaban J connectivity index is 1.31. The summed E-state index contributed by atoms with van der Waals surface area (Å²) in [5.41, 5.74) is 4.35. The molecule has 1 aromatic carbocycles. The van der Waals surface area contributed by atoms with E-state index in [1.165, 1.54) is 10.9 Å². The van der Waals surface area contributed by atoms with Crippen LogP contribution in [0.25, 0.3) is 10.9 Å². The van der Waals surface area contributed by atoms with E-state index in [9.17, 15) is 0 Å². The number of benzene rings is 1. The van der Waals surface area contributed by atoms with Gasteiger partial charge in [0.1, 0.15) is 11.9 Å². The first-order chi connectivity index (χ1) is 15.2. The quantitative estimate of drug-likeness (QED) is 0.533. The molecule has 1 N–H and O–H groups in total. The molecule has 0 radical (unpaired) electrons. The maximum atomic E-state index is 6.08. The van der Waals surface area contributed by atoms with Crippen LogP contribution in [0.5, 0.6) is 0 Å². The number of fused-ring (bicyclic) bond motifs is 1. The summed E-state index contributed by atoms with van der Waals surface area (Å²) in [6.45, 7) is 5.28. The molecule has 0 saturated carbocycles. The van der Waals surface area contributed by atoms with Gasteiger partial charge in [0, 0.05) is 50.0 Å². The average molecular weight is 415 g/mol. The highest BCUT2D eigenvalue weighted by Gasteiger charge is 2.24. The molecule has 0 amide bonds. The summed E-state index contributed by atoms with van der Waals surface area (Å²) in [6, 6.07) is 18.4. The second-order valence-corrected chi connectivity index (χ2v) is 7.95. The number of aryl methyl sites for hydroxylation is 2. The van der Waals surface area contributed by atoms with Crippen LogP contribution >= 0.6 is 0 Å². The number of aromatic nitrogens is 4. The predicted molar refractivity (Wildman–Crippen MR) is 121 cm³/mol. The van der Waals surface area contributed by atoms with E-state index in [1.54, 1.807) is 0 Å². The van der Waals surface area contributed by atoms with Crippen molar-refractivity contribution in [1.29, 1.82) is 0 Å². The van der Waals surface area contributed by atoms with Crippen molar-refractivity contribution < 1.29 is 4.74 Å². The first-order valence-electron chi connectivity index (χ1n) is 10.6. The Bertz CT molecular complexity index is 1180. The van der Waals surface area contributed by atoms with Gasteiger partial charge in [-0.3, -0.25) is 14.6 Å². The van der Waals surface area contributed by atoms with Gasteiger partial charge in [-0.15, -0.1) is 0 Å². The van der Waals surface area contributed by atoms with E-state index in [2.05, 4.69) is 44.6 Å². The van der Waals surface area contributed by atoms with Gasteiger partial charge >= 0.3 is 0 Å². The van der Waals surface area contributed by atoms with Crippen LogP contribution in [0, 0.1) is 6.92 Å². The minimum Gasteiger partial charge on any atom is -0.369 e. The second-order valence-electron chi connectivity index (χ2n) is 7.95. The molecule has 4 aromatic rings. The summed E-state index contributed by atoms with van der Waals surface area (Å²) in [6.07, 6.45) is 1.83. The Labute approximate surface area is 181 Å². The standard InChI is InChI=1S/C24H26N6O/c1-17-14-24(28-29(17)2)27-23-9-5-8-21(26-23)22-16-30(12-13-31-22)15-18-10-11-25-20-7-4-3-6-19(18)20/h3-11,14,22H,12-13,15-16H2,1-2H3,(H,26,27,28)/t22-/m0/s1. The molecule has 0 unspecified atom stereocenters. The molecule has 158 valence electrons. The molecule has 4 heterocycles. The van der Waals surface area contributed by atoms with E-state index in [0.29, 0.717) is 6.61 Å². The zero-order valence-corrected chi connectivity index (χ0v) is 17.8. The third kappa shape index (κ3) is 4.28. The lowest BCUT2D eigenvalue weighted by molar-refractivity contribution is -0.0348. The summed E-state index contributed by atoms with van der Waals surface area (Å²) in [5.74, 6) is 1.57. The topological polar surface area (TPSA) is 68.1 Å². The molecule has 0 aliphatic carbocycles. The Hall–Kier alpha value is -3.29. The van der Waals surface area contributed by atoms with E-state index in [1.807, 2.05) is 55.2 Å². The van der Waals surface area contributed by atoms with Gasteiger partial charge in [-0.2, -0.15) is 5.10 Å². The molecule has 0 bridgehead atoms. The molecule has 31 heavy (non-hydrogen) atoms. The third-order valence-electron chi connectivity index (χ3n) is 5.75. The van der Waals surface area contributed by atoms with E-state index >= 15 is 0 Å². The van der Waals surface area contributed by atoms with Crippen LogP contribution in [-0.2, 0) is 18.3 Å². The highest BCUT2D eigenvalue weighted by atomic mass is 16.5. The zero-order chi connectivity index (χ0) is 21.2. The summed E-state index contributed by atoms with van der Waals surface area (Å²) in [4.78, 5) is 11.7. The van der Waals surface area contributed by atoms with Crippen molar-refractivity contribution >= 4 is 22.5 Å². The lowest BCUT2D eigenvalue weighted by Crippen LogP contribution is -2.38. The van der Waals surface area contributed by atoms with Crippen LogP contribution in [0.1, 0.15) is 23.1 Å². The zero-order valence-electron chi connectivity index (χ0n) is 17.8. The highest BCUT2D eigenvalue weighted by molar-refractivity contribution is 5.81. The summed E-state index contributed by atoms with van der Waals surface area (Å²) < 4.78 is 7.93. The van der Waals surface area contributed by atoms with Gasteiger partial charge in [0.25, 0.3) is 0 Å². The number of nitrogens with zero attached hydrogens (tertiary/aromatic N) is 5. The lowest BCUT2D eigenvalue weighted by Gasteiger charge is -2.33. The molecule has 1 saturated heterocycles. The lowest BCUT2D eigenvalue weighted by atomic mass is 10.1. The van der Waals surface area contributed by atoms with Crippen molar-refractivity contribution in [3.05, 3.63) is 77.7 Å². The molecule has 1 aliphatic heterocycles. The third-order valence-corrected chi connectivity index (χ3v) is 5.75. The minimum absolute atomic E-state index is 0.0610. The number of morpholine rings is 1. The minimum atomic E-state index is -0.0610. The fraction of sp³-hybridized carbons (Fsp3) is 0.292. The number of pyridine rings is 2. The van der Waals surface area contributed by atoms with Crippen LogP contribution in [0.4, 0.5) is 11.6 Å². The van der Waals surface area contributed by atoms with Crippen molar-refractivity contribution in [3.8, 4) is 0 Å². The van der Waals surface area contributed by atoms with E-state index in [-0.39, 0.29) is 6.10 Å². The van der Waals surface area contributed by atoms with Crippen molar-refractivity contribution in [2.75, 3.05) is 25.0 Å². The van der Waals surface area contributed by atoms with Gasteiger partial charge in [-0.1, -0.05) is 24.3 Å². The Morgan fingerprint density at radius 1 is 1.10 bits per heavy atom. The first-order valence-corrected chi connectivity index (χ1v) is 10.6. The number of hydrogen-bond acceptors (Lipinski definition) is 6.